The first-order valence-corrected chi connectivity index (χ1v) is 6.48. The van der Waals surface area contributed by atoms with Gasteiger partial charge in [-0.1, -0.05) is 30.3 Å². The van der Waals surface area contributed by atoms with E-state index in [1.165, 1.54) is 7.11 Å². The molecular weight excluding hydrogens is 269 g/mol. The van der Waals surface area contributed by atoms with Gasteiger partial charge in [0.1, 0.15) is 0 Å². The molecule has 3 unspecified atom stereocenters. The molecule has 0 bridgehead atoms. The van der Waals surface area contributed by atoms with Crippen LogP contribution in [0, 0.1) is 5.92 Å². The maximum Gasteiger partial charge on any atom is 0.389 e. The predicted molar refractivity (Wildman–Crippen MR) is 68.7 cm³/mol. The largest absolute Gasteiger partial charge is 0.389 e. The lowest BCUT2D eigenvalue weighted by Crippen LogP contribution is -2.32. The van der Waals surface area contributed by atoms with E-state index in [9.17, 15) is 13.2 Å². The fourth-order valence-corrected chi connectivity index (χ4v) is 2.63. The number of methoxy groups -OCH3 is 1. The van der Waals surface area contributed by atoms with Gasteiger partial charge in [0.05, 0.1) is 25.6 Å². The van der Waals surface area contributed by atoms with E-state index >= 15 is 0 Å². The van der Waals surface area contributed by atoms with Crippen molar-refractivity contribution >= 4 is 0 Å². The van der Waals surface area contributed by atoms with Gasteiger partial charge in [-0.3, -0.25) is 0 Å². The van der Waals surface area contributed by atoms with Crippen molar-refractivity contribution in [2.24, 2.45) is 16.1 Å². The molecular formula is C14H17F3N2O. The van der Waals surface area contributed by atoms with E-state index in [-0.39, 0.29) is 12.5 Å². The molecule has 1 aliphatic rings. The minimum absolute atomic E-state index is 0.0343. The summed E-state index contributed by atoms with van der Waals surface area (Å²) in [7, 11) is 1.41. The van der Waals surface area contributed by atoms with Crippen molar-refractivity contribution < 1.29 is 17.9 Å². The van der Waals surface area contributed by atoms with Gasteiger partial charge < -0.3 is 4.74 Å². The first kappa shape index (κ1) is 15.0. The summed E-state index contributed by atoms with van der Waals surface area (Å²) >= 11 is 0. The zero-order chi connectivity index (χ0) is 14.6. The lowest BCUT2D eigenvalue weighted by Gasteiger charge is -2.26. The molecule has 0 spiro atoms. The molecule has 0 saturated carbocycles. The number of azo groups is 1. The van der Waals surface area contributed by atoms with Gasteiger partial charge in [-0.15, -0.1) is 0 Å². The van der Waals surface area contributed by atoms with E-state index in [2.05, 4.69) is 10.2 Å². The summed E-state index contributed by atoms with van der Waals surface area (Å²) in [5.74, 6) is -0.796. The zero-order valence-corrected chi connectivity index (χ0v) is 11.2. The lowest BCUT2D eigenvalue weighted by atomic mass is 9.83. The van der Waals surface area contributed by atoms with Crippen LogP contribution in [-0.4, -0.2) is 32.5 Å². The van der Waals surface area contributed by atoms with Crippen molar-refractivity contribution in [3.8, 4) is 0 Å². The molecule has 0 radical (unpaired) electrons. The van der Waals surface area contributed by atoms with Crippen LogP contribution in [0.1, 0.15) is 17.9 Å². The summed E-state index contributed by atoms with van der Waals surface area (Å²) in [6, 6.07) is 8.97. The zero-order valence-electron chi connectivity index (χ0n) is 11.2. The SMILES string of the molecule is COCC(CC(F)(F)F)C1N=NCC1c1ccccc1. The smallest absolute Gasteiger partial charge is 0.384 e. The third-order valence-corrected chi connectivity index (χ3v) is 3.49. The molecule has 1 heterocycles. The number of halogens is 3. The summed E-state index contributed by atoms with van der Waals surface area (Å²) in [5.41, 5.74) is 0.978. The summed E-state index contributed by atoms with van der Waals surface area (Å²) in [6.07, 6.45) is -5.11. The van der Waals surface area contributed by atoms with Crippen LogP contribution in [0.15, 0.2) is 40.6 Å². The first-order chi connectivity index (χ1) is 9.51. The van der Waals surface area contributed by atoms with E-state index in [0.29, 0.717) is 6.54 Å². The molecule has 1 aromatic carbocycles. The average Bonchev–Trinajstić information content (AvgIpc) is 2.87. The highest BCUT2D eigenvalue weighted by Crippen LogP contribution is 2.37. The van der Waals surface area contributed by atoms with Gasteiger partial charge in [0.15, 0.2) is 0 Å². The summed E-state index contributed by atoms with van der Waals surface area (Å²) in [6.45, 7) is 0.472. The van der Waals surface area contributed by atoms with Gasteiger partial charge in [0.2, 0.25) is 0 Å². The first-order valence-electron chi connectivity index (χ1n) is 6.48. The maximum atomic E-state index is 12.7. The van der Waals surface area contributed by atoms with Gasteiger partial charge >= 0.3 is 6.18 Å². The molecule has 0 fully saturated rings. The molecule has 0 amide bonds. The number of alkyl halides is 3. The van der Waals surface area contributed by atoms with E-state index < -0.39 is 24.6 Å². The fraction of sp³-hybridized carbons (Fsp3) is 0.571. The van der Waals surface area contributed by atoms with Gasteiger partial charge in [-0.25, -0.2) is 0 Å². The minimum atomic E-state index is -4.22. The maximum absolute atomic E-state index is 12.7. The minimum Gasteiger partial charge on any atom is -0.384 e. The van der Waals surface area contributed by atoms with E-state index in [4.69, 9.17) is 4.74 Å². The second kappa shape index (κ2) is 6.35. The highest BCUT2D eigenvalue weighted by Gasteiger charge is 2.41. The highest BCUT2D eigenvalue weighted by atomic mass is 19.4. The summed E-state index contributed by atoms with van der Waals surface area (Å²) < 4.78 is 43.0. The Bertz CT molecular complexity index is 447. The molecule has 0 N–H and O–H groups in total. The Hall–Kier alpha value is -1.43. The van der Waals surface area contributed by atoms with E-state index in [1.807, 2.05) is 30.3 Å². The molecule has 3 atom stereocenters. The molecule has 1 aromatic rings. The molecule has 2 rings (SSSR count). The van der Waals surface area contributed by atoms with Crippen LogP contribution < -0.4 is 0 Å². The number of hydrogen-bond donors (Lipinski definition) is 0. The molecule has 20 heavy (non-hydrogen) atoms. The Morgan fingerprint density at radius 2 is 2.00 bits per heavy atom. The Balaban J connectivity index is 2.16. The van der Waals surface area contributed by atoms with Crippen molar-refractivity contribution in [2.75, 3.05) is 20.3 Å². The monoisotopic (exact) mass is 286 g/mol. The fourth-order valence-electron chi connectivity index (χ4n) is 2.63. The van der Waals surface area contributed by atoms with E-state index in [1.54, 1.807) is 0 Å². The molecule has 0 saturated heterocycles. The number of ether oxygens (including phenoxy) is 1. The van der Waals surface area contributed by atoms with Crippen molar-refractivity contribution in [3.63, 3.8) is 0 Å². The third kappa shape index (κ3) is 3.79. The van der Waals surface area contributed by atoms with Crippen molar-refractivity contribution in [1.82, 2.24) is 0 Å². The van der Waals surface area contributed by atoms with Gasteiger partial charge in [0.25, 0.3) is 0 Å². The number of nitrogens with zero attached hydrogens (tertiary/aromatic N) is 2. The predicted octanol–water partition coefficient (Wildman–Crippen LogP) is 3.82. The quantitative estimate of drug-likeness (QED) is 0.810. The van der Waals surface area contributed by atoms with Crippen LogP contribution in [0.25, 0.3) is 0 Å². The molecule has 1 aliphatic heterocycles. The van der Waals surface area contributed by atoms with Gasteiger partial charge in [-0.2, -0.15) is 23.4 Å². The molecule has 110 valence electrons. The summed E-state index contributed by atoms with van der Waals surface area (Å²) in [4.78, 5) is 0. The normalized spacial score (nSPS) is 24.0. The van der Waals surface area contributed by atoms with Crippen LogP contribution >= 0.6 is 0 Å². The van der Waals surface area contributed by atoms with Crippen LogP contribution in [-0.2, 0) is 4.74 Å². The van der Waals surface area contributed by atoms with Crippen LogP contribution in [0.3, 0.4) is 0 Å². The number of hydrogen-bond acceptors (Lipinski definition) is 3. The highest BCUT2D eigenvalue weighted by molar-refractivity contribution is 5.23. The van der Waals surface area contributed by atoms with Crippen molar-refractivity contribution in [3.05, 3.63) is 35.9 Å². The number of benzene rings is 1. The molecule has 0 aliphatic carbocycles. The van der Waals surface area contributed by atoms with Gasteiger partial charge in [0, 0.05) is 18.9 Å². The van der Waals surface area contributed by atoms with Crippen LogP contribution in [0.5, 0.6) is 0 Å². The van der Waals surface area contributed by atoms with Crippen molar-refractivity contribution in [2.45, 2.75) is 24.6 Å². The topological polar surface area (TPSA) is 34.0 Å². The molecule has 3 nitrogen and oxygen atoms in total. The van der Waals surface area contributed by atoms with Crippen LogP contribution in [0.4, 0.5) is 13.2 Å². The third-order valence-electron chi connectivity index (χ3n) is 3.49. The Morgan fingerprint density at radius 3 is 2.60 bits per heavy atom. The Labute approximate surface area is 115 Å². The Morgan fingerprint density at radius 1 is 1.30 bits per heavy atom. The molecule has 0 aromatic heterocycles. The van der Waals surface area contributed by atoms with E-state index in [0.717, 1.165) is 5.56 Å². The van der Waals surface area contributed by atoms with Gasteiger partial charge in [-0.05, 0) is 5.56 Å². The Kier molecular flexibility index (Phi) is 4.75. The number of rotatable bonds is 5. The second-order valence-corrected chi connectivity index (χ2v) is 4.98. The van der Waals surface area contributed by atoms with Crippen molar-refractivity contribution in [1.29, 1.82) is 0 Å². The van der Waals surface area contributed by atoms with Crippen LogP contribution in [0.2, 0.25) is 0 Å². The lowest BCUT2D eigenvalue weighted by molar-refractivity contribution is -0.150. The second-order valence-electron chi connectivity index (χ2n) is 4.98. The standard InChI is InChI=1S/C14H17F3N2O/c1-20-9-11(7-14(15,16)17)13-12(8-18-19-13)10-5-3-2-4-6-10/h2-6,11-13H,7-9H2,1H3. The average molecular weight is 286 g/mol. The molecule has 6 heteroatoms. The summed E-state index contributed by atoms with van der Waals surface area (Å²) in [5, 5.41) is 8.00.